The first kappa shape index (κ1) is 10.5. The molecule has 80 valence electrons. The van der Waals surface area contributed by atoms with Crippen LogP contribution >= 0.6 is 15.9 Å². The van der Waals surface area contributed by atoms with Gasteiger partial charge in [-0.1, -0.05) is 40.6 Å². The maximum absolute atomic E-state index is 3.91. The van der Waals surface area contributed by atoms with Crippen LogP contribution in [0.2, 0.25) is 0 Å². The minimum atomic E-state index is 0.0317. The fourth-order valence-electron chi connectivity index (χ4n) is 1.64. The van der Waals surface area contributed by atoms with Crippen molar-refractivity contribution in [2.75, 3.05) is 0 Å². The maximum atomic E-state index is 3.91. The van der Waals surface area contributed by atoms with Gasteiger partial charge in [0.2, 0.25) is 0 Å². The van der Waals surface area contributed by atoms with Gasteiger partial charge < -0.3 is 0 Å². The molecule has 1 aliphatic rings. The summed E-state index contributed by atoms with van der Waals surface area (Å²) in [7, 11) is 0. The van der Waals surface area contributed by atoms with E-state index in [0.717, 1.165) is 11.4 Å². The largest absolute Gasteiger partial charge is 0.239 e. The third-order valence-corrected chi connectivity index (χ3v) is 4.39. The molecule has 1 aliphatic carbocycles. The Kier molecular flexibility index (Phi) is 2.50. The van der Waals surface area contributed by atoms with Gasteiger partial charge in [-0.25, -0.2) is 5.10 Å². The Bertz CT molecular complexity index is 417. The highest BCUT2D eigenvalue weighted by Gasteiger charge is 2.32. The summed E-state index contributed by atoms with van der Waals surface area (Å²) in [4.78, 5) is 0. The predicted molar refractivity (Wildman–Crippen MR) is 62.4 cm³/mol. The molecule has 2 unspecified atom stereocenters. The molecule has 0 spiro atoms. The quantitative estimate of drug-likeness (QED) is 0.796. The Morgan fingerprint density at radius 1 is 1.53 bits per heavy atom. The molecule has 1 N–H and O–H groups in total. The molecule has 1 aromatic heterocycles. The van der Waals surface area contributed by atoms with Gasteiger partial charge in [-0.2, -0.15) is 0 Å². The van der Waals surface area contributed by atoms with Gasteiger partial charge in [0.15, 0.2) is 5.82 Å². The number of hydrogen-bond donors (Lipinski definition) is 1. The molecule has 0 saturated carbocycles. The zero-order valence-electron chi connectivity index (χ0n) is 8.95. The summed E-state index contributed by atoms with van der Waals surface area (Å²) in [5.74, 6) is 1.13. The molecule has 1 aromatic rings. The van der Waals surface area contributed by atoms with Crippen LogP contribution in [-0.2, 0) is 0 Å². The zero-order valence-corrected chi connectivity index (χ0v) is 10.5. The van der Waals surface area contributed by atoms with Crippen molar-refractivity contribution in [3.05, 3.63) is 23.5 Å². The predicted octanol–water partition coefficient (Wildman–Crippen LogP) is 2.33. The third-order valence-electron chi connectivity index (χ3n) is 3.05. The Labute approximate surface area is 97.0 Å². The van der Waals surface area contributed by atoms with Crippen molar-refractivity contribution in [3.63, 3.8) is 0 Å². The molecule has 15 heavy (non-hydrogen) atoms. The second-order valence-corrected chi connectivity index (χ2v) is 5.71. The van der Waals surface area contributed by atoms with Crippen LogP contribution in [0.5, 0.6) is 0 Å². The van der Waals surface area contributed by atoms with E-state index in [1.165, 1.54) is 5.57 Å². The first-order valence-corrected chi connectivity index (χ1v) is 5.64. The Balaban J connectivity index is 2.40. The first-order valence-electron chi connectivity index (χ1n) is 4.85. The van der Waals surface area contributed by atoms with E-state index >= 15 is 0 Å². The molecule has 2 atom stereocenters. The molecule has 0 aliphatic heterocycles. The van der Waals surface area contributed by atoms with Gasteiger partial charge in [0.1, 0.15) is 0 Å². The molecule has 0 radical (unpaired) electrons. The van der Waals surface area contributed by atoms with E-state index in [4.69, 9.17) is 0 Å². The monoisotopic (exact) mass is 268 g/mol. The summed E-state index contributed by atoms with van der Waals surface area (Å²) >= 11 is 3.74. The molecule has 0 bridgehead atoms. The molecule has 5 heteroatoms. The van der Waals surface area contributed by atoms with Crippen molar-refractivity contribution >= 4 is 21.5 Å². The highest BCUT2D eigenvalue weighted by atomic mass is 79.9. The molecule has 4 nitrogen and oxygen atoms in total. The smallest absolute Gasteiger partial charge is 0.179 e. The number of hydrogen-bond acceptors (Lipinski definition) is 3. The lowest BCUT2D eigenvalue weighted by molar-refractivity contribution is 0.584. The van der Waals surface area contributed by atoms with Crippen LogP contribution < -0.4 is 0 Å². The lowest BCUT2D eigenvalue weighted by Crippen LogP contribution is -2.28. The summed E-state index contributed by atoms with van der Waals surface area (Å²) in [5.41, 5.74) is 2.34. The number of halogens is 1. The van der Waals surface area contributed by atoms with Crippen molar-refractivity contribution in [3.8, 4) is 0 Å². The number of rotatable bonds is 1. The molecular formula is C10H13BrN4. The number of nitrogens with zero attached hydrogens (tertiary/aromatic N) is 3. The van der Waals surface area contributed by atoms with Crippen LogP contribution in [-0.4, -0.2) is 24.9 Å². The number of aromatic nitrogens is 4. The summed E-state index contributed by atoms with van der Waals surface area (Å²) in [6.45, 7) is 6.46. The molecule has 1 heterocycles. The number of alkyl halides is 1. The number of H-pyrrole nitrogens is 1. The molecule has 0 saturated heterocycles. The summed E-state index contributed by atoms with van der Waals surface area (Å²) in [6.07, 6.45) is 4.28. The highest BCUT2D eigenvalue weighted by Crippen LogP contribution is 2.41. The number of allylic oxidation sites excluding steroid dienone is 4. The van der Waals surface area contributed by atoms with Crippen LogP contribution in [0.15, 0.2) is 17.7 Å². The molecule has 0 amide bonds. The normalized spacial score (nSPS) is 31.1. The average Bonchev–Trinajstić information content (AvgIpc) is 2.67. The second-order valence-electron chi connectivity index (χ2n) is 4.06. The fraction of sp³-hybridized carbons (Fsp3) is 0.500. The number of aromatic amines is 1. The van der Waals surface area contributed by atoms with Gasteiger partial charge in [0.05, 0.1) is 0 Å². The van der Waals surface area contributed by atoms with E-state index in [1.807, 2.05) is 0 Å². The molecule has 2 rings (SSSR count). The zero-order chi connectivity index (χ0) is 11.1. The van der Waals surface area contributed by atoms with Crippen molar-refractivity contribution in [2.45, 2.75) is 25.1 Å². The van der Waals surface area contributed by atoms with Gasteiger partial charge in [-0.3, -0.25) is 0 Å². The maximum Gasteiger partial charge on any atom is 0.179 e. The van der Waals surface area contributed by atoms with Gasteiger partial charge in [0.25, 0.3) is 0 Å². The van der Waals surface area contributed by atoms with Gasteiger partial charge in [0, 0.05) is 9.90 Å². The SMILES string of the molecule is CC1=CC(c2nnn[nH]2)=CC(C)C1(C)Br. The average molecular weight is 269 g/mol. The standard InChI is InChI=1S/C10H13BrN4/c1-6-4-8(9-12-14-15-13-9)5-7(2)10(6,3)11/h4-6H,1-3H3,(H,12,13,14,15). The summed E-state index contributed by atoms with van der Waals surface area (Å²) in [5, 5.41) is 13.8. The first-order chi connectivity index (χ1) is 7.01. The number of nitrogens with one attached hydrogen (secondary N) is 1. The van der Waals surface area contributed by atoms with Crippen molar-refractivity contribution in [2.24, 2.45) is 5.92 Å². The van der Waals surface area contributed by atoms with Crippen LogP contribution in [0.1, 0.15) is 26.6 Å². The molecule has 0 fully saturated rings. The topological polar surface area (TPSA) is 54.5 Å². The van der Waals surface area contributed by atoms with Crippen LogP contribution in [0.25, 0.3) is 5.57 Å². The van der Waals surface area contributed by atoms with Gasteiger partial charge >= 0.3 is 0 Å². The second kappa shape index (κ2) is 3.56. The van der Waals surface area contributed by atoms with E-state index in [0.29, 0.717) is 5.92 Å². The van der Waals surface area contributed by atoms with Crippen LogP contribution in [0.3, 0.4) is 0 Å². The van der Waals surface area contributed by atoms with Crippen LogP contribution in [0.4, 0.5) is 0 Å². The minimum Gasteiger partial charge on any atom is -0.239 e. The van der Waals surface area contributed by atoms with Crippen molar-refractivity contribution in [1.82, 2.24) is 20.6 Å². The van der Waals surface area contributed by atoms with E-state index in [1.54, 1.807) is 0 Å². The summed E-state index contributed by atoms with van der Waals surface area (Å²) < 4.78 is 0.0317. The number of tetrazole rings is 1. The van der Waals surface area contributed by atoms with Crippen molar-refractivity contribution in [1.29, 1.82) is 0 Å². The fourth-order valence-corrected chi connectivity index (χ4v) is 1.88. The Hall–Kier alpha value is -0.970. The van der Waals surface area contributed by atoms with Gasteiger partial charge in [-0.15, -0.1) is 5.10 Å². The van der Waals surface area contributed by atoms with E-state index < -0.39 is 0 Å². The minimum absolute atomic E-state index is 0.0317. The van der Waals surface area contributed by atoms with Crippen LogP contribution in [0, 0.1) is 5.92 Å². The van der Waals surface area contributed by atoms with Crippen molar-refractivity contribution < 1.29 is 0 Å². The summed E-state index contributed by atoms with van der Waals surface area (Å²) in [6, 6.07) is 0. The Morgan fingerprint density at radius 2 is 2.27 bits per heavy atom. The lowest BCUT2D eigenvalue weighted by atomic mass is 9.82. The van der Waals surface area contributed by atoms with E-state index in [-0.39, 0.29) is 4.32 Å². The molecular weight excluding hydrogens is 256 g/mol. The third kappa shape index (κ3) is 1.76. The highest BCUT2D eigenvalue weighted by molar-refractivity contribution is 9.10. The van der Waals surface area contributed by atoms with E-state index in [2.05, 4.69) is 69.5 Å². The Morgan fingerprint density at radius 3 is 2.80 bits per heavy atom. The van der Waals surface area contributed by atoms with E-state index in [9.17, 15) is 0 Å². The van der Waals surface area contributed by atoms with Gasteiger partial charge in [-0.05, 0) is 30.2 Å². The molecule has 0 aromatic carbocycles. The lowest BCUT2D eigenvalue weighted by Gasteiger charge is -2.32.